The minimum atomic E-state index is -4.44. The van der Waals surface area contributed by atoms with E-state index >= 15 is 0 Å². The van der Waals surface area contributed by atoms with Crippen molar-refractivity contribution in [3.8, 4) is 27.8 Å². The molecule has 3 heterocycles. The smallest absolute Gasteiger partial charge is 0.422 e. The molecule has 3 N–H and O–H groups in total. The summed E-state index contributed by atoms with van der Waals surface area (Å²) < 4.78 is 43.3. The van der Waals surface area contributed by atoms with Crippen LogP contribution in [-0.2, 0) is 11.3 Å². The highest BCUT2D eigenvalue weighted by Crippen LogP contribution is 2.31. The largest absolute Gasteiger partial charge is 0.468 e. The zero-order chi connectivity index (χ0) is 23.5. The molecular formula is C20H20F3N5O3S. The van der Waals surface area contributed by atoms with Crippen molar-refractivity contribution >= 4 is 23.2 Å². The van der Waals surface area contributed by atoms with Gasteiger partial charge in [0.15, 0.2) is 6.61 Å². The van der Waals surface area contributed by atoms with E-state index in [0.717, 1.165) is 0 Å². The number of nitrogens with zero attached hydrogens (tertiary/aromatic N) is 3. The van der Waals surface area contributed by atoms with E-state index in [0.29, 0.717) is 46.3 Å². The molecule has 0 bridgehead atoms. The van der Waals surface area contributed by atoms with E-state index in [2.05, 4.69) is 20.0 Å². The Bertz CT molecular complexity index is 1120. The molecule has 0 spiro atoms. The van der Waals surface area contributed by atoms with Crippen molar-refractivity contribution in [1.29, 1.82) is 0 Å². The lowest BCUT2D eigenvalue weighted by molar-refractivity contribution is -0.154. The fourth-order valence-electron chi connectivity index (χ4n) is 3.01. The van der Waals surface area contributed by atoms with Crippen molar-refractivity contribution in [2.45, 2.75) is 26.6 Å². The highest BCUT2D eigenvalue weighted by molar-refractivity contribution is 7.13. The maximum Gasteiger partial charge on any atom is 0.422 e. The van der Waals surface area contributed by atoms with Crippen LogP contribution in [0.4, 0.5) is 13.2 Å². The third-order valence-electron chi connectivity index (χ3n) is 4.47. The zero-order valence-corrected chi connectivity index (χ0v) is 18.0. The standard InChI is InChI=1S/C20H20F3N5O3S/c1-11-14(18(24)30)7-16(28(11)6-5-25-12(2)29)15-9-32-19(27-15)13-3-4-17(26-8-13)31-10-20(21,22)23/h3-4,7-9H,5-6,10H2,1-2H3,(H2,24,30)(H,25,29). The Balaban J connectivity index is 1.85. The van der Waals surface area contributed by atoms with E-state index in [9.17, 15) is 22.8 Å². The second kappa shape index (κ2) is 9.39. The number of primary amides is 1. The van der Waals surface area contributed by atoms with Gasteiger partial charge < -0.3 is 20.4 Å². The van der Waals surface area contributed by atoms with Gasteiger partial charge in [0.05, 0.1) is 17.0 Å². The normalized spacial score (nSPS) is 11.4. The number of carbonyl (C=O) groups is 2. The minimum Gasteiger partial charge on any atom is -0.468 e. The van der Waals surface area contributed by atoms with E-state index in [-0.39, 0.29) is 11.8 Å². The van der Waals surface area contributed by atoms with Gasteiger partial charge in [-0.2, -0.15) is 13.2 Å². The van der Waals surface area contributed by atoms with Crippen LogP contribution in [0.2, 0.25) is 0 Å². The first-order valence-electron chi connectivity index (χ1n) is 9.41. The molecule has 0 fully saturated rings. The molecule has 0 saturated carbocycles. The summed E-state index contributed by atoms with van der Waals surface area (Å²) in [7, 11) is 0. The number of aromatic nitrogens is 3. The fraction of sp³-hybridized carbons (Fsp3) is 0.300. The summed E-state index contributed by atoms with van der Waals surface area (Å²) in [5.41, 5.74) is 8.33. The van der Waals surface area contributed by atoms with Crippen LogP contribution in [0.25, 0.3) is 22.0 Å². The van der Waals surface area contributed by atoms with Gasteiger partial charge in [0.2, 0.25) is 11.8 Å². The highest BCUT2D eigenvalue weighted by Gasteiger charge is 2.28. The van der Waals surface area contributed by atoms with Crippen molar-refractivity contribution in [3.05, 3.63) is 41.0 Å². The van der Waals surface area contributed by atoms with Gasteiger partial charge in [-0.1, -0.05) is 0 Å². The van der Waals surface area contributed by atoms with Crippen LogP contribution in [0.15, 0.2) is 29.8 Å². The molecule has 0 saturated heterocycles. The Hall–Kier alpha value is -3.41. The topological polar surface area (TPSA) is 112 Å². The van der Waals surface area contributed by atoms with Gasteiger partial charge in [-0.25, -0.2) is 9.97 Å². The fourth-order valence-corrected chi connectivity index (χ4v) is 3.82. The number of hydrogen-bond acceptors (Lipinski definition) is 6. The molecule has 3 aromatic rings. The number of carbonyl (C=O) groups excluding carboxylic acids is 2. The molecule has 0 unspecified atom stereocenters. The molecule has 0 atom stereocenters. The molecule has 8 nitrogen and oxygen atoms in total. The SMILES string of the molecule is CC(=O)NCCn1c(-c2csc(-c3ccc(OCC(F)(F)F)nc3)n2)cc(C(N)=O)c1C. The van der Waals surface area contributed by atoms with Gasteiger partial charge in [-0.3, -0.25) is 9.59 Å². The minimum absolute atomic E-state index is 0.142. The summed E-state index contributed by atoms with van der Waals surface area (Å²) in [5.74, 6) is -0.884. The van der Waals surface area contributed by atoms with E-state index < -0.39 is 18.7 Å². The lowest BCUT2D eigenvalue weighted by Crippen LogP contribution is -2.25. The number of alkyl halides is 3. The Labute approximate surface area is 185 Å². The van der Waals surface area contributed by atoms with E-state index in [1.807, 2.05) is 4.57 Å². The average Bonchev–Trinajstić information content (AvgIpc) is 3.31. The first-order chi connectivity index (χ1) is 15.0. The number of rotatable bonds is 8. The number of hydrogen-bond donors (Lipinski definition) is 2. The average molecular weight is 467 g/mol. The van der Waals surface area contributed by atoms with Crippen LogP contribution in [0.1, 0.15) is 23.0 Å². The van der Waals surface area contributed by atoms with Crippen LogP contribution in [0, 0.1) is 6.92 Å². The third-order valence-corrected chi connectivity index (χ3v) is 5.37. The molecular weight excluding hydrogens is 447 g/mol. The maximum absolute atomic E-state index is 12.3. The molecule has 2 amide bonds. The first-order valence-corrected chi connectivity index (χ1v) is 10.3. The van der Waals surface area contributed by atoms with Gasteiger partial charge in [0.25, 0.3) is 5.91 Å². The zero-order valence-electron chi connectivity index (χ0n) is 17.2. The van der Waals surface area contributed by atoms with Crippen molar-refractivity contribution in [2.24, 2.45) is 5.73 Å². The number of halogens is 3. The Kier molecular flexibility index (Phi) is 6.82. The summed E-state index contributed by atoms with van der Waals surface area (Å²) in [4.78, 5) is 31.5. The number of nitrogens with one attached hydrogen (secondary N) is 1. The molecule has 0 aliphatic rings. The molecule has 170 valence electrons. The summed E-state index contributed by atoms with van der Waals surface area (Å²) in [6.07, 6.45) is -3.06. The van der Waals surface area contributed by atoms with Gasteiger partial charge in [0, 0.05) is 48.9 Å². The number of ether oxygens (including phenoxy) is 1. The lowest BCUT2D eigenvalue weighted by Gasteiger charge is -2.11. The van der Waals surface area contributed by atoms with Gasteiger partial charge in [-0.05, 0) is 19.1 Å². The van der Waals surface area contributed by atoms with E-state index in [1.54, 1.807) is 24.4 Å². The van der Waals surface area contributed by atoms with Crippen molar-refractivity contribution in [2.75, 3.05) is 13.2 Å². The van der Waals surface area contributed by atoms with E-state index in [1.165, 1.54) is 30.5 Å². The van der Waals surface area contributed by atoms with Crippen molar-refractivity contribution in [3.63, 3.8) is 0 Å². The Morgan fingerprint density at radius 3 is 2.66 bits per heavy atom. The van der Waals surface area contributed by atoms with Crippen molar-refractivity contribution in [1.82, 2.24) is 19.9 Å². The van der Waals surface area contributed by atoms with Crippen molar-refractivity contribution < 1.29 is 27.5 Å². The van der Waals surface area contributed by atoms with Crippen LogP contribution >= 0.6 is 11.3 Å². The molecule has 0 aliphatic heterocycles. The van der Waals surface area contributed by atoms with Gasteiger partial charge in [0.1, 0.15) is 5.01 Å². The van der Waals surface area contributed by atoms with Crippen LogP contribution in [0.3, 0.4) is 0 Å². The monoisotopic (exact) mass is 467 g/mol. The molecule has 3 rings (SSSR count). The van der Waals surface area contributed by atoms with E-state index in [4.69, 9.17) is 5.73 Å². The predicted octanol–water partition coefficient (Wildman–Crippen LogP) is 3.16. The Morgan fingerprint density at radius 2 is 2.06 bits per heavy atom. The summed E-state index contributed by atoms with van der Waals surface area (Å²) in [6, 6.07) is 4.56. The Morgan fingerprint density at radius 1 is 1.31 bits per heavy atom. The maximum atomic E-state index is 12.3. The predicted molar refractivity (Wildman–Crippen MR) is 112 cm³/mol. The first kappa shape index (κ1) is 23.3. The number of thiazole rings is 1. The summed E-state index contributed by atoms with van der Waals surface area (Å²) in [6.45, 7) is 2.52. The molecule has 0 radical (unpaired) electrons. The molecule has 32 heavy (non-hydrogen) atoms. The molecule has 0 aliphatic carbocycles. The second-order valence-electron chi connectivity index (χ2n) is 6.85. The third kappa shape index (κ3) is 5.63. The number of nitrogens with two attached hydrogens (primary N) is 1. The molecule has 3 aromatic heterocycles. The highest BCUT2D eigenvalue weighted by atomic mass is 32.1. The molecule has 12 heteroatoms. The van der Waals surface area contributed by atoms with Crippen LogP contribution in [-0.4, -0.2) is 45.7 Å². The number of pyridine rings is 1. The van der Waals surface area contributed by atoms with Crippen LogP contribution in [0.5, 0.6) is 5.88 Å². The summed E-state index contributed by atoms with van der Waals surface area (Å²) in [5, 5.41) is 5.09. The van der Waals surface area contributed by atoms with Gasteiger partial charge >= 0.3 is 6.18 Å². The summed E-state index contributed by atoms with van der Waals surface area (Å²) >= 11 is 1.31. The molecule has 0 aromatic carbocycles. The van der Waals surface area contributed by atoms with Gasteiger partial charge in [-0.15, -0.1) is 11.3 Å². The lowest BCUT2D eigenvalue weighted by atomic mass is 10.2. The van der Waals surface area contributed by atoms with Crippen LogP contribution < -0.4 is 15.8 Å². The number of amides is 2. The second-order valence-corrected chi connectivity index (χ2v) is 7.71. The quantitative estimate of drug-likeness (QED) is 0.529.